The molecule has 140 valence electrons. The van der Waals surface area contributed by atoms with E-state index < -0.39 is 0 Å². The second-order valence-electron chi connectivity index (χ2n) is 6.63. The molecule has 2 aliphatic heterocycles. The number of unbranched alkanes of at least 4 members (excludes halogenated alkanes) is 1. The molecule has 25 heavy (non-hydrogen) atoms. The molecule has 2 rings (SSSR count). The van der Waals surface area contributed by atoms with Crippen molar-refractivity contribution < 1.29 is 0 Å². The zero-order chi connectivity index (χ0) is 18.1. The van der Waals surface area contributed by atoms with Gasteiger partial charge in [-0.3, -0.25) is 10.4 Å². The molecular weight excluding hydrogens is 332 g/mol. The SMILES string of the molecule is CCC\C=C/N=C1\CN(C)CC\C1=N\NC(=S)N1CCN(CC)CC1. The number of piperazine rings is 1. The van der Waals surface area contributed by atoms with Gasteiger partial charge in [0.2, 0.25) is 0 Å². The van der Waals surface area contributed by atoms with Crippen molar-refractivity contribution in [2.75, 3.05) is 52.9 Å². The monoisotopic (exact) mass is 364 g/mol. The summed E-state index contributed by atoms with van der Waals surface area (Å²) in [5.74, 6) is 0. The van der Waals surface area contributed by atoms with E-state index in [4.69, 9.17) is 12.2 Å². The van der Waals surface area contributed by atoms with Crippen LogP contribution in [0.25, 0.3) is 0 Å². The Morgan fingerprint density at radius 1 is 1.16 bits per heavy atom. The number of piperidine rings is 1. The van der Waals surface area contributed by atoms with Gasteiger partial charge in [0, 0.05) is 51.9 Å². The number of nitrogens with zero attached hydrogens (tertiary/aromatic N) is 5. The Labute approximate surface area is 157 Å². The number of likely N-dealkylation sites (tertiary alicyclic amines) is 1. The van der Waals surface area contributed by atoms with Crippen LogP contribution in [0.15, 0.2) is 22.4 Å². The number of hydrogen-bond donors (Lipinski definition) is 1. The molecule has 2 saturated heterocycles. The summed E-state index contributed by atoms with van der Waals surface area (Å²) < 4.78 is 0. The predicted molar refractivity (Wildman–Crippen MR) is 110 cm³/mol. The van der Waals surface area contributed by atoms with Gasteiger partial charge in [-0.15, -0.1) is 0 Å². The van der Waals surface area contributed by atoms with Crippen LogP contribution in [0.4, 0.5) is 0 Å². The third-order valence-corrected chi connectivity index (χ3v) is 5.02. The van der Waals surface area contributed by atoms with Crippen LogP contribution in [0.1, 0.15) is 33.1 Å². The Kier molecular flexibility index (Phi) is 8.51. The number of thiocarbonyl (C=S) groups is 1. The average molecular weight is 365 g/mol. The predicted octanol–water partition coefficient (Wildman–Crippen LogP) is 1.94. The van der Waals surface area contributed by atoms with E-state index in [0.717, 1.165) is 81.6 Å². The fraction of sp³-hybridized carbons (Fsp3) is 0.722. The smallest absolute Gasteiger partial charge is 0.189 e. The van der Waals surface area contributed by atoms with Crippen molar-refractivity contribution in [1.29, 1.82) is 0 Å². The first kappa shape index (κ1) is 20.0. The standard InChI is InChI=1S/C18H32N6S/c1-4-6-7-9-19-17-15-22(3)10-8-16(17)20-21-18(25)24-13-11-23(5-2)12-14-24/h7,9H,4-6,8,10-15H2,1-3H3,(H,21,25)/b9-7-,19-17+,20-16-. The summed E-state index contributed by atoms with van der Waals surface area (Å²) in [5.41, 5.74) is 5.16. The van der Waals surface area contributed by atoms with Crippen LogP contribution in [0.3, 0.4) is 0 Å². The molecule has 1 N–H and O–H groups in total. The van der Waals surface area contributed by atoms with E-state index in [9.17, 15) is 0 Å². The molecule has 0 aromatic rings. The lowest BCUT2D eigenvalue weighted by Gasteiger charge is -2.35. The second kappa shape index (κ2) is 10.6. The van der Waals surface area contributed by atoms with Crippen molar-refractivity contribution in [3.8, 4) is 0 Å². The minimum atomic E-state index is 0.725. The lowest BCUT2D eigenvalue weighted by molar-refractivity contribution is 0.189. The van der Waals surface area contributed by atoms with Crippen LogP contribution in [0, 0.1) is 0 Å². The maximum atomic E-state index is 5.53. The minimum absolute atomic E-state index is 0.725. The molecule has 0 aliphatic carbocycles. The largest absolute Gasteiger partial charge is 0.345 e. The number of hydrogen-bond acceptors (Lipinski definition) is 5. The van der Waals surface area contributed by atoms with Crippen LogP contribution >= 0.6 is 12.2 Å². The molecule has 0 spiro atoms. The Balaban J connectivity index is 1.93. The summed E-state index contributed by atoms with van der Waals surface area (Å²) >= 11 is 5.53. The molecule has 0 aromatic carbocycles. The van der Waals surface area contributed by atoms with Crippen molar-refractivity contribution in [3.63, 3.8) is 0 Å². The molecule has 0 aromatic heterocycles. The quantitative estimate of drug-likeness (QED) is 0.597. The van der Waals surface area contributed by atoms with Gasteiger partial charge in [-0.25, -0.2) is 0 Å². The van der Waals surface area contributed by atoms with E-state index in [-0.39, 0.29) is 0 Å². The van der Waals surface area contributed by atoms with Gasteiger partial charge in [0.25, 0.3) is 0 Å². The van der Waals surface area contributed by atoms with Crippen LogP contribution in [-0.2, 0) is 0 Å². The Morgan fingerprint density at radius 2 is 1.92 bits per heavy atom. The highest BCUT2D eigenvalue weighted by Crippen LogP contribution is 2.06. The fourth-order valence-corrected chi connectivity index (χ4v) is 3.17. The summed E-state index contributed by atoms with van der Waals surface area (Å²) in [7, 11) is 2.12. The van der Waals surface area contributed by atoms with Gasteiger partial charge in [-0.2, -0.15) is 5.10 Å². The number of rotatable bonds is 5. The van der Waals surface area contributed by atoms with E-state index >= 15 is 0 Å². The van der Waals surface area contributed by atoms with Crippen molar-refractivity contribution in [3.05, 3.63) is 12.3 Å². The first-order valence-corrected chi connectivity index (χ1v) is 9.79. The maximum absolute atomic E-state index is 5.53. The zero-order valence-corrected chi connectivity index (χ0v) is 16.7. The molecule has 0 saturated carbocycles. The molecule has 2 aliphatic rings. The molecule has 2 heterocycles. The van der Waals surface area contributed by atoms with Crippen molar-refractivity contribution in [2.45, 2.75) is 33.1 Å². The lowest BCUT2D eigenvalue weighted by atomic mass is 10.1. The second-order valence-corrected chi connectivity index (χ2v) is 7.02. The summed E-state index contributed by atoms with van der Waals surface area (Å²) in [6.07, 6.45) is 7.13. The highest BCUT2D eigenvalue weighted by molar-refractivity contribution is 7.80. The average Bonchev–Trinajstić information content (AvgIpc) is 2.64. The van der Waals surface area contributed by atoms with Gasteiger partial charge in [0.05, 0.1) is 11.4 Å². The van der Waals surface area contributed by atoms with Gasteiger partial charge in [0.1, 0.15) is 0 Å². The highest BCUT2D eigenvalue weighted by Gasteiger charge is 2.20. The number of nitrogens with one attached hydrogen (secondary N) is 1. The number of aliphatic imine (C=N–C) groups is 1. The van der Waals surface area contributed by atoms with Crippen LogP contribution in [-0.4, -0.2) is 84.1 Å². The molecule has 6 nitrogen and oxygen atoms in total. The Bertz CT molecular complexity index is 520. The third-order valence-electron chi connectivity index (χ3n) is 4.67. The lowest BCUT2D eigenvalue weighted by Crippen LogP contribution is -2.51. The van der Waals surface area contributed by atoms with Crippen LogP contribution in [0.2, 0.25) is 0 Å². The fourth-order valence-electron chi connectivity index (χ4n) is 2.94. The molecular formula is C18H32N6S. The van der Waals surface area contributed by atoms with E-state index in [0.29, 0.717) is 0 Å². The van der Waals surface area contributed by atoms with E-state index in [2.05, 4.69) is 57.2 Å². The summed E-state index contributed by atoms with van der Waals surface area (Å²) in [6, 6.07) is 0. The van der Waals surface area contributed by atoms with Gasteiger partial charge < -0.3 is 14.7 Å². The minimum Gasteiger partial charge on any atom is -0.345 e. The van der Waals surface area contributed by atoms with Gasteiger partial charge in [-0.1, -0.05) is 26.3 Å². The number of likely N-dealkylation sites (N-methyl/N-ethyl adjacent to an activating group) is 1. The summed E-state index contributed by atoms with van der Waals surface area (Å²) in [4.78, 5) is 11.5. The van der Waals surface area contributed by atoms with Gasteiger partial charge in [0.15, 0.2) is 5.11 Å². The first-order valence-electron chi connectivity index (χ1n) is 9.38. The van der Waals surface area contributed by atoms with Crippen molar-refractivity contribution in [1.82, 2.24) is 20.1 Å². The van der Waals surface area contributed by atoms with Gasteiger partial charge in [-0.05, 0) is 32.2 Å². The Hall–Kier alpha value is -1.31. The number of hydrazone groups is 1. The molecule has 0 bridgehead atoms. The molecule has 7 heteroatoms. The van der Waals surface area contributed by atoms with Crippen molar-refractivity contribution in [2.24, 2.45) is 10.1 Å². The normalized spacial score (nSPS) is 23.7. The molecule has 0 atom stereocenters. The van der Waals surface area contributed by atoms with Gasteiger partial charge >= 0.3 is 0 Å². The van der Waals surface area contributed by atoms with Crippen LogP contribution in [0.5, 0.6) is 0 Å². The Morgan fingerprint density at radius 3 is 2.60 bits per heavy atom. The maximum Gasteiger partial charge on any atom is 0.189 e. The highest BCUT2D eigenvalue weighted by atomic mass is 32.1. The molecule has 0 unspecified atom stereocenters. The number of allylic oxidation sites excluding steroid dienone is 1. The first-order chi connectivity index (χ1) is 12.1. The van der Waals surface area contributed by atoms with E-state index in [1.54, 1.807) is 0 Å². The van der Waals surface area contributed by atoms with Crippen LogP contribution < -0.4 is 5.43 Å². The van der Waals surface area contributed by atoms with Crippen molar-refractivity contribution >= 4 is 28.8 Å². The topological polar surface area (TPSA) is 46.5 Å². The molecule has 0 radical (unpaired) electrons. The third kappa shape index (κ3) is 6.49. The summed E-state index contributed by atoms with van der Waals surface area (Å²) in [5, 5.41) is 5.32. The zero-order valence-electron chi connectivity index (χ0n) is 15.9. The van der Waals surface area contributed by atoms with E-state index in [1.165, 1.54) is 0 Å². The molecule has 2 fully saturated rings. The summed E-state index contributed by atoms with van der Waals surface area (Å²) in [6.45, 7) is 11.4. The van der Waals surface area contributed by atoms with E-state index in [1.807, 2.05) is 6.20 Å². The molecule has 0 amide bonds.